The average molecular weight is 276 g/mol. The van der Waals surface area contributed by atoms with Gasteiger partial charge in [-0.3, -0.25) is 0 Å². The number of nitrogens with one attached hydrogen (secondary N) is 1. The van der Waals surface area contributed by atoms with Gasteiger partial charge < -0.3 is 15.0 Å². The van der Waals surface area contributed by atoms with Crippen molar-refractivity contribution in [1.82, 2.24) is 5.32 Å². The van der Waals surface area contributed by atoms with Gasteiger partial charge in [-0.1, -0.05) is 26.0 Å². The summed E-state index contributed by atoms with van der Waals surface area (Å²) < 4.78 is 5.53. The molecular weight excluding hydrogens is 248 g/mol. The van der Waals surface area contributed by atoms with Crippen LogP contribution in [0.2, 0.25) is 0 Å². The standard InChI is InChI=1S/C17H28N2O/c1-14(2)12-18-13-16-5-6-17(15(3)11-16)19-7-4-9-20-10-8-19/h5-6,11,14,18H,4,7-10,12-13H2,1-3H3. The second-order valence-corrected chi connectivity index (χ2v) is 6.10. The molecule has 3 heteroatoms. The molecule has 3 nitrogen and oxygen atoms in total. The van der Waals surface area contributed by atoms with Crippen LogP contribution in [0.15, 0.2) is 18.2 Å². The minimum atomic E-state index is 0.701. The molecule has 112 valence electrons. The zero-order valence-electron chi connectivity index (χ0n) is 13.1. The molecule has 0 saturated carbocycles. The van der Waals surface area contributed by atoms with E-state index >= 15 is 0 Å². The summed E-state index contributed by atoms with van der Waals surface area (Å²) in [6.07, 6.45) is 1.12. The Morgan fingerprint density at radius 2 is 2.10 bits per heavy atom. The Bertz CT molecular complexity index is 409. The van der Waals surface area contributed by atoms with E-state index in [-0.39, 0.29) is 0 Å². The summed E-state index contributed by atoms with van der Waals surface area (Å²) in [5.41, 5.74) is 4.11. The van der Waals surface area contributed by atoms with Crippen LogP contribution in [0.4, 0.5) is 5.69 Å². The highest BCUT2D eigenvalue weighted by molar-refractivity contribution is 5.54. The largest absolute Gasteiger partial charge is 0.380 e. The van der Waals surface area contributed by atoms with E-state index in [1.807, 2.05) is 0 Å². The van der Waals surface area contributed by atoms with E-state index in [1.165, 1.54) is 16.8 Å². The fourth-order valence-electron chi connectivity index (χ4n) is 2.67. The molecule has 0 aliphatic carbocycles. The van der Waals surface area contributed by atoms with Crippen LogP contribution in [0.25, 0.3) is 0 Å². The Morgan fingerprint density at radius 3 is 2.85 bits per heavy atom. The van der Waals surface area contributed by atoms with Crippen molar-refractivity contribution < 1.29 is 4.74 Å². The van der Waals surface area contributed by atoms with Gasteiger partial charge in [0.1, 0.15) is 0 Å². The SMILES string of the molecule is Cc1cc(CNCC(C)C)ccc1N1CCCOCC1. The molecule has 1 aliphatic rings. The summed E-state index contributed by atoms with van der Waals surface area (Å²) in [4.78, 5) is 2.45. The molecule has 1 saturated heterocycles. The molecule has 0 atom stereocenters. The molecule has 1 aromatic rings. The Morgan fingerprint density at radius 1 is 1.25 bits per heavy atom. The van der Waals surface area contributed by atoms with Gasteiger partial charge in [0.15, 0.2) is 0 Å². The minimum Gasteiger partial charge on any atom is -0.380 e. The van der Waals surface area contributed by atoms with Crippen molar-refractivity contribution in [2.75, 3.05) is 37.7 Å². The Labute approximate surface area is 123 Å². The van der Waals surface area contributed by atoms with E-state index in [4.69, 9.17) is 4.74 Å². The fourth-order valence-corrected chi connectivity index (χ4v) is 2.67. The summed E-state index contributed by atoms with van der Waals surface area (Å²) in [5.74, 6) is 0.701. The number of nitrogens with zero attached hydrogens (tertiary/aromatic N) is 1. The number of hydrogen-bond donors (Lipinski definition) is 1. The summed E-state index contributed by atoms with van der Waals surface area (Å²) in [6.45, 7) is 12.6. The van der Waals surface area contributed by atoms with Crippen molar-refractivity contribution in [3.63, 3.8) is 0 Å². The van der Waals surface area contributed by atoms with Crippen LogP contribution in [-0.4, -0.2) is 32.8 Å². The molecule has 0 bridgehead atoms. The van der Waals surface area contributed by atoms with E-state index in [2.05, 4.69) is 49.2 Å². The molecule has 1 aromatic carbocycles. The number of anilines is 1. The highest BCUT2D eigenvalue weighted by Gasteiger charge is 2.12. The lowest BCUT2D eigenvalue weighted by atomic mass is 10.1. The van der Waals surface area contributed by atoms with Gasteiger partial charge in [-0.2, -0.15) is 0 Å². The van der Waals surface area contributed by atoms with Crippen LogP contribution < -0.4 is 10.2 Å². The normalized spacial score (nSPS) is 16.5. The van der Waals surface area contributed by atoms with Crippen LogP contribution in [0.5, 0.6) is 0 Å². The number of rotatable bonds is 5. The number of benzene rings is 1. The van der Waals surface area contributed by atoms with Crippen molar-refractivity contribution in [1.29, 1.82) is 0 Å². The molecule has 0 aromatic heterocycles. The van der Waals surface area contributed by atoms with Gasteiger partial charge in [0, 0.05) is 31.9 Å². The predicted octanol–water partition coefficient (Wildman–Crippen LogP) is 2.97. The third-order valence-corrected chi connectivity index (χ3v) is 3.71. The zero-order chi connectivity index (χ0) is 14.4. The van der Waals surface area contributed by atoms with E-state index in [1.54, 1.807) is 0 Å². The van der Waals surface area contributed by atoms with Gasteiger partial charge in [0.25, 0.3) is 0 Å². The van der Waals surface area contributed by atoms with E-state index < -0.39 is 0 Å². The van der Waals surface area contributed by atoms with Crippen molar-refractivity contribution in [3.8, 4) is 0 Å². The molecular formula is C17H28N2O. The van der Waals surface area contributed by atoms with Gasteiger partial charge in [-0.05, 0) is 43.0 Å². The molecule has 1 N–H and O–H groups in total. The summed E-state index contributed by atoms with van der Waals surface area (Å²) in [7, 11) is 0. The van der Waals surface area contributed by atoms with Crippen LogP contribution >= 0.6 is 0 Å². The molecule has 2 rings (SSSR count). The predicted molar refractivity (Wildman–Crippen MR) is 85.4 cm³/mol. The second-order valence-electron chi connectivity index (χ2n) is 6.10. The lowest BCUT2D eigenvalue weighted by Crippen LogP contribution is -2.26. The van der Waals surface area contributed by atoms with E-state index in [0.29, 0.717) is 5.92 Å². The van der Waals surface area contributed by atoms with Crippen molar-refractivity contribution in [3.05, 3.63) is 29.3 Å². The first-order valence-electron chi connectivity index (χ1n) is 7.80. The maximum atomic E-state index is 5.53. The maximum Gasteiger partial charge on any atom is 0.0641 e. The van der Waals surface area contributed by atoms with Crippen LogP contribution in [0.3, 0.4) is 0 Å². The summed E-state index contributed by atoms with van der Waals surface area (Å²) in [6, 6.07) is 6.84. The van der Waals surface area contributed by atoms with Crippen LogP contribution in [0, 0.1) is 12.8 Å². The molecule has 1 fully saturated rings. The first-order chi connectivity index (χ1) is 9.66. The summed E-state index contributed by atoms with van der Waals surface area (Å²) in [5, 5.41) is 3.50. The van der Waals surface area contributed by atoms with Crippen LogP contribution in [-0.2, 0) is 11.3 Å². The smallest absolute Gasteiger partial charge is 0.0641 e. The molecule has 1 heterocycles. The van der Waals surface area contributed by atoms with Gasteiger partial charge >= 0.3 is 0 Å². The monoisotopic (exact) mass is 276 g/mol. The van der Waals surface area contributed by atoms with E-state index in [9.17, 15) is 0 Å². The van der Waals surface area contributed by atoms with Crippen LogP contribution in [0.1, 0.15) is 31.4 Å². The number of hydrogen-bond acceptors (Lipinski definition) is 3. The van der Waals surface area contributed by atoms with Gasteiger partial charge in [0.05, 0.1) is 6.61 Å². The van der Waals surface area contributed by atoms with Gasteiger partial charge in [-0.25, -0.2) is 0 Å². The molecule has 0 spiro atoms. The molecule has 0 radical (unpaired) electrons. The fraction of sp³-hybridized carbons (Fsp3) is 0.647. The molecule has 20 heavy (non-hydrogen) atoms. The Kier molecular flexibility index (Phi) is 5.86. The lowest BCUT2D eigenvalue weighted by molar-refractivity contribution is 0.152. The number of aryl methyl sites for hydroxylation is 1. The first kappa shape index (κ1) is 15.3. The topological polar surface area (TPSA) is 24.5 Å². The number of ether oxygens (including phenoxy) is 1. The minimum absolute atomic E-state index is 0.701. The molecule has 1 aliphatic heterocycles. The quantitative estimate of drug-likeness (QED) is 0.895. The van der Waals surface area contributed by atoms with Gasteiger partial charge in [-0.15, -0.1) is 0 Å². The Hall–Kier alpha value is -1.06. The second kappa shape index (κ2) is 7.65. The summed E-state index contributed by atoms with van der Waals surface area (Å²) >= 11 is 0. The molecule has 0 amide bonds. The van der Waals surface area contributed by atoms with Gasteiger partial charge in [0.2, 0.25) is 0 Å². The molecule has 0 unspecified atom stereocenters. The first-order valence-corrected chi connectivity index (χ1v) is 7.80. The lowest BCUT2D eigenvalue weighted by Gasteiger charge is -2.24. The van der Waals surface area contributed by atoms with Crippen molar-refractivity contribution >= 4 is 5.69 Å². The third kappa shape index (κ3) is 4.50. The van der Waals surface area contributed by atoms with Crippen molar-refractivity contribution in [2.24, 2.45) is 5.92 Å². The highest BCUT2D eigenvalue weighted by atomic mass is 16.5. The van der Waals surface area contributed by atoms with E-state index in [0.717, 1.165) is 45.8 Å². The third-order valence-electron chi connectivity index (χ3n) is 3.71. The zero-order valence-corrected chi connectivity index (χ0v) is 13.1. The average Bonchev–Trinajstić information content (AvgIpc) is 2.67. The Balaban J connectivity index is 1.97. The highest BCUT2D eigenvalue weighted by Crippen LogP contribution is 2.22. The maximum absolute atomic E-state index is 5.53. The van der Waals surface area contributed by atoms with Crippen molar-refractivity contribution in [2.45, 2.75) is 33.7 Å².